The van der Waals surface area contributed by atoms with Gasteiger partial charge in [-0.3, -0.25) is 0 Å². The van der Waals surface area contributed by atoms with E-state index < -0.39 is 0 Å². The van der Waals surface area contributed by atoms with E-state index in [0.29, 0.717) is 5.92 Å². The number of hydrogen-bond acceptors (Lipinski definition) is 0. The Morgan fingerprint density at radius 3 is 1.50 bits per heavy atom. The number of allylic oxidation sites excluding steroid dienone is 2. The summed E-state index contributed by atoms with van der Waals surface area (Å²) >= 11 is 0. The highest BCUT2D eigenvalue weighted by molar-refractivity contribution is 5.68. The summed E-state index contributed by atoms with van der Waals surface area (Å²) in [4.78, 5) is 0. The Kier molecular flexibility index (Phi) is 4.90. The van der Waals surface area contributed by atoms with Crippen LogP contribution in [-0.2, 0) is 10.8 Å². The number of benzene rings is 1. The second-order valence-electron chi connectivity index (χ2n) is 8.20. The summed E-state index contributed by atoms with van der Waals surface area (Å²) in [6.07, 6.45) is 2.26. The average Bonchev–Trinajstić information content (AvgIpc) is 2.26. The van der Waals surface area contributed by atoms with Crippen LogP contribution in [0.2, 0.25) is 0 Å². The minimum absolute atomic E-state index is 0.186. The van der Waals surface area contributed by atoms with Crippen molar-refractivity contribution in [3.63, 3.8) is 0 Å². The SMILES string of the molecule is CC=C(c1cc(C(C)(C)C)cc(C(C)(C)C)c1)C(C)C. The van der Waals surface area contributed by atoms with Crippen LogP contribution in [0.15, 0.2) is 24.3 Å². The Bertz CT molecular complexity index is 456. The minimum Gasteiger partial charge on any atom is -0.0836 e. The van der Waals surface area contributed by atoms with Crippen molar-refractivity contribution in [3.05, 3.63) is 41.0 Å². The molecule has 20 heavy (non-hydrogen) atoms. The summed E-state index contributed by atoms with van der Waals surface area (Å²) in [7, 11) is 0. The molecule has 0 heteroatoms. The molecule has 0 aliphatic heterocycles. The summed E-state index contributed by atoms with van der Waals surface area (Å²) in [5.74, 6) is 0.558. The Morgan fingerprint density at radius 1 is 0.850 bits per heavy atom. The molecule has 1 aromatic rings. The van der Waals surface area contributed by atoms with Gasteiger partial charge in [-0.2, -0.15) is 0 Å². The molecule has 0 aromatic heterocycles. The second kappa shape index (κ2) is 5.76. The molecule has 112 valence electrons. The fourth-order valence-electron chi connectivity index (χ4n) is 2.49. The van der Waals surface area contributed by atoms with Crippen LogP contribution < -0.4 is 0 Å². The van der Waals surface area contributed by atoms with Crippen LogP contribution in [0.5, 0.6) is 0 Å². The average molecular weight is 272 g/mol. The molecule has 0 saturated carbocycles. The van der Waals surface area contributed by atoms with Crippen LogP contribution in [0, 0.1) is 5.92 Å². The molecule has 0 heterocycles. The van der Waals surface area contributed by atoms with Crippen LogP contribution in [0.3, 0.4) is 0 Å². The van der Waals surface area contributed by atoms with Gasteiger partial charge in [-0.05, 0) is 45.9 Å². The first-order chi connectivity index (χ1) is 8.96. The lowest BCUT2D eigenvalue weighted by molar-refractivity contribution is 0.568. The summed E-state index contributed by atoms with van der Waals surface area (Å²) in [6.45, 7) is 20.5. The van der Waals surface area contributed by atoms with E-state index in [9.17, 15) is 0 Å². The van der Waals surface area contributed by atoms with Gasteiger partial charge >= 0.3 is 0 Å². The zero-order chi connectivity index (χ0) is 15.7. The Hall–Kier alpha value is -1.04. The van der Waals surface area contributed by atoms with Gasteiger partial charge in [-0.1, -0.05) is 79.7 Å². The second-order valence-corrected chi connectivity index (χ2v) is 8.20. The quantitative estimate of drug-likeness (QED) is 0.589. The van der Waals surface area contributed by atoms with Gasteiger partial charge in [0.15, 0.2) is 0 Å². The van der Waals surface area contributed by atoms with Crippen molar-refractivity contribution in [2.24, 2.45) is 5.92 Å². The van der Waals surface area contributed by atoms with Crippen molar-refractivity contribution in [2.45, 2.75) is 73.1 Å². The first-order valence-corrected chi connectivity index (χ1v) is 7.79. The van der Waals surface area contributed by atoms with Crippen LogP contribution in [0.1, 0.15) is 79.0 Å². The molecule has 1 aromatic carbocycles. The maximum atomic E-state index is 2.39. The first-order valence-electron chi connectivity index (χ1n) is 7.79. The van der Waals surface area contributed by atoms with E-state index in [1.165, 1.54) is 22.3 Å². The van der Waals surface area contributed by atoms with E-state index >= 15 is 0 Å². The molecule has 0 nitrogen and oxygen atoms in total. The van der Waals surface area contributed by atoms with E-state index in [4.69, 9.17) is 0 Å². The molecule has 0 amide bonds. The molecule has 1 rings (SSSR count). The standard InChI is InChI=1S/C20H32/c1-10-18(14(2)3)15-11-16(19(4,5)6)13-17(12-15)20(7,8)9/h10-14H,1-9H3. The molecule has 0 aliphatic rings. The van der Waals surface area contributed by atoms with Crippen molar-refractivity contribution >= 4 is 5.57 Å². The van der Waals surface area contributed by atoms with E-state index in [1.54, 1.807) is 0 Å². The molecular weight excluding hydrogens is 240 g/mol. The Morgan fingerprint density at radius 2 is 1.25 bits per heavy atom. The fraction of sp³-hybridized carbons (Fsp3) is 0.600. The van der Waals surface area contributed by atoms with Gasteiger partial charge in [-0.25, -0.2) is 0 Å². The highest BCUT2D eigenvalue weighted by atomic mass is 14.3. The van der Waals surface area contributed by atoms with Crippen molar-refractivity contribution in [3.8, 4) is 0 Å². The summed E-state index contributed by atoms with van der Waals surface area (Å²) in [6, 6.07) is 7.15. The van der Waals surface area contributed by atoms with Crippen molar-refractivity contribution in [2.75, 3.05) is 0 Å². The van der Waals surface area contributed by atoms with Crippen molar-refractivity contribution < 1.29 is 0 Å². The molecule has 0 aliphatic carbocycles. The first kappa shape index (κ1) is 17.0. The van der Waals surface area contributed by atoms with E-state index in [2.05, 4.69) is 86.6 Å². The third-order valence-corrected chi connectivity index (χ3v) is 3.93. The van der Waals surface area contributed by atoms with Gasteiger partial charge in [0.1, 0.15) is 0 Å². The van der Waals surface area contributed by atoms with Gasteiger partial charge in [0.25, 0.3) is 0 Å². The highest BCUT2D eigenvalue weighted by Crippen LogP contribution is 2.34. The monoisotopic (exact) mass is 272 g/mol. The molecule has 0 fully saturated rings. The van der Waals surface area contributed by atoms with Gasteiger partial charge in [0.2, 0.25) is 0 Å². The van der Waals surface area contributed by atoms with E-state index in [-0.39, 0.29) is 10.8 Å². The predicted molar refractivity (Wildman–Crippen MR) is 92.3 cm³/mol. The highest BCUT2D eigenvalue weighted by Gasteiger charge is 2.21. The van der Waals surface area contributed by atoms with Crippen LogP contribution >= 0.6 is 0 Å². The van der Waals surface area contributed by atoms with Crippen molar-refractivity contribution in [1.82, 2.24) is 0 Å². The van der Waals surface area contributed by atoms with Gasteiger partial charge < -0.3 is 0 Å². The van der Waals surface area contributed by atoms with Crippen molar-refractivity contribution in [1.29, 1.82) is 0 Å². The largest absolute Gasteiger partial charge is 0.0836 e. The molecule has 0 bridgehead atoms. The van der Waals surface area contributed by atoms with Gasteiger partial charge in [-0.15, -0.1) is 0 Å². The lowest BCUT2D eigenvalue weighted by Gasteiger charge is -2.27. The zero-order valence-corrected chi connectivity index (χ0v) is 14.9. The zero-order valence-electron chi connectivity index (χ0n) is 14.9. The summed E-state index contributed by atoms with van der Waals surface area (Å²) in [5, 5.41) is 0. The third-order valence-electron chi connectivity index (χ3n) is 3.93. The topological polar surface area (TPSA) is 0 Å². The molecule has 0 radical (unpaired) electrons. The maximum Gasteiger partial charge on any atom is -0.0132 e. The number of hydrogen-bond donors (Lipinski definition) is 0. The Labute approximate surface area is 126 Å². The smallest absolute Gasteiger partial charge is 0.0132 e. The predicted octanol–water partition coefficient (Wildman–Crippen LogP) is 6.34. The molecule has 0 saturated heterocycles. The van der Waals surface area contributed by atoms with Gasteiger partial charge in [0, 0.05) is 0 Å². The molecule has 0 atom stereocenters. The molecule has 0 spiro atoms. The third kappa shape index (κ3) is 3.98. The fourth-order valence-corrected chi connectivity index (χ4v) is 2.49. The molecule has 0 unspecified atom stereocenters. The Balaban J connectivity index is 3.54. The lowest BCUT2D eigenvalue weighted by Crippen LogP contribution is -2.17. The van der Waals surface area contributed by atoms with Crippen LogP contribution in [0.25, 0.3) is 5.57 Å². The van der Waals surface area contributed by atoms with E-state index in [1.807, 2.05) is 0 Å². The van der Waals surface area contributed by atoms with Crippen LogP contribution in [0.4, 0.5) is 0 Å². The number of rotatable bonds is 2. The molecule has 0 N–H and O–H groups in total. The maximum absolute atomic E-state index is 2.39. The summed E-state index contributed by atoms with van der Waals surface area (Å²) in [5.41, 5.74) is 6.07. The lowest BCUT2D eigenvalue weighted by atomic mass is 9.78. The normalized spacial score (nSPS) is 14.0. The minimum atomic E-state index is 0.186. The van der Waals surface area contributed by atoms with E-state index in [0.717, 1.165) is 0 Å². The van der Waals surface area contributed by atoms with Crippen LogP contribution in [-0.4, -0.2) is 0 Å². The summed E-state index contributed by atoms with van der Waals surface area (Å²) < 4.78 is 0. The van der Waals surface area contributed by atoms with Gasteiger partial charge in [0.05, 0.1) is 0 Å². The molecular formula is C20H32.